The number of carboxylic acids is 2. The quantitative estimate of drug-likeness (QED) is 0.659. The monoisotopic (exact) mass is 316 g/mol. The largest absolute Gasteiger partial charge is 0.479 e. The van der Waals surface area contributed by atoms with Crippen LogP contribution in [0.25, 0.3) is 0 Å². The highest BCUT2D eigenvalue weighted by atomic mass is 16.7. The molecule has 0 bridgehead atoms. The van der Waals surface area contributed by atoms with Crippen LogP contribution in [-0.2, 0) is 28.5 Å². The molecule has 4 fully saturated rings. The summed E-state index contributed by atoms with van der Waals surface area (Å²) in [5, 5.41) is 17.7. The van der Waals surface area contributed by atoms with Crippen LogP contribution in [0.4, 0.5) is 0 Å². The number of hydrogen-bond donors (Lipinski definition) is 2. The van der Waals surface area contributed by atoms with Crippen molar-refractivity contribution in [1.82, 2.24) is 0 Å². The van der Waals surface area contributed by atoms with E-state index >= 15 is 0 Å². The van der Waals surface area contributed by atoms with Gasteiger partial charge in [-0.25, -0.2) is 9.59 Å². The minimum Gasteiger partial charge on any atom is -0.479 e. The van der Waals surface area contributed by atoms with E-state index in [-0.39, 0.29) is 0 Å². The summed E-state index contributed by atoms with van der Waals surface area (Å²) < 4.78 is 20.1. The topological polar surface area (TPSA) is 121 Å². The van der Waals surface area contributed by atoms with Gasteiger partial charge in [0.05, 0.1) is 26.4 Å². The van der Waals surface area contributed by atoms with Crippen molar-refractivity contribution in [3.63, 3.8) is 0 Å². The standard InChI is InChI=1S/C8H10O5.C6H10O3/c9-5(10)7-3-1-2-4-8(7,13-7)6(11)12;1(5-3-8-5)7-2-6-4-9-6/h1-4H2,(H,9,10)(H,11,12);5-6H,1-4H2. The Morgan fingerprint density at radius 2 is 1.36 bits per heavy atom. The molecule has 1 saturated carbocycles. The first-order chi connectivity index (χ1) is 10.5. The Kier molecular flexibility index (Phi) is 4.11. The predicted octanol–water partition coefficient (Wildman–Crippen LogP) is 0.0380. The van der Waals surface area contributed by atoms with Crippen molar-refractivity contribution in [1.29, 1.82) is 0 Å². The lowest BCUT2D eigenvalue weighted by Gasteiger charge is -2.17. The van der Waals surface area contributed by atoms with Gasteiger partial charge in [-0.3, -0.25) is 0 Å². The number of epoxide rings is 3. The molecule has 8 heteroatoms. The number of rotatable bonds is 6. The SMILES string of the molecule is C(OCC1CO1)C1CO1.O=C(O)C12CCCCC1(C(=O)O)O2. The highest BCUT2D eigenvalue weighted by Gasteiger charge is 2.80. The van der Waals surface area contributed by atoms with Gasteiger partial charge in [-0.15, -0.1) is 0 Å². The van der Waals surface area contributed by atoms with E-state index in [0.29, 0.717) is 25.0 Å². The van der Waals surface area contributed by atoms with E-state index in [1.807, 2.05) is 0 Å². The number of hydrogen-bond acceptors (Lipinski definition) is 6. The summed E-state index contributed by atoms with van der Waals surface area (Å²) in [7, 11) is 0. The first kappa shape index (κ1) is 15.7. The summed E-state index contributed by atoms with van der Waals surface area (Å²) in [6.07, 6.45) is 2.86. The molecule has 3 aliphatic heterocycles. The lowest BCUT2D eigenvalue weighted by Crippen LogP contribution is -2.42. The van der Waals surface area contributed by atoms with Gasteiger partial charge in [0.15, 0.2) is 0 Å². The number of carboxylic acid groups (broad SMARTS) is 2. The molecule has 0 aromatic heterocycles. The summed E-state index contributed by atoms with van der Waals surface area (Å²) in [5.74, 6) is -2.29. The summed E-state index contributed by atoms with van der Waals surface area (Å²) >= 11 is 0. The maximum absolute atomic E-state index is 10.8. The van der Waals surface area contributed by atoms with Gasteiger partial charge in [0.25, 0.3) is 0 Å². The third kappa shape index (κ3) is 2.96. The zero-order chi connectivity index (χ0) is 15.8. The number of aliphatic carboxylic acids is 2. The molecule has 0 aromatic carbocycles. The zero-order valence-electron chi connectivity index (χ0n) is 12.2. The maximum Gasteiger partial charge on any atom is 0.339 e. The normalized spacial score (nSPS) is 40.7. The van der Waals surface area contributed by atoms with Gasteiger partial charge in [-0.2, -0.15) is 0 Å². The van der Waals surface area contributed by atoms with Gasteiger partial charge in [0, 0.05) is 0 Å². The van der Waals surface area contributed by atoms with Gasteiger partial charge >= 0.3 is 11.9 Å². The van der Waals surface area contributed by atoms with Gasteiger partial charge in [-0.1, -0.05) is 0 Å². The van der Waals surface area contributed by atoms with Crippen LogP contribution in [0, 0.1) is 0 Å². The van der Waals surface area contributed by atoms with Crippen molar-refractivity contribution >= 4 is 11.9 Å². The fourth-order valence-electron chi connectivity index (χ4n) is 2.83. The van der Waals surface area contributed by atoms with Crippen molar-refractivity contribution in [2.24, 2.45) is 0 Å². The Balaban J connectivity index is 0.000000139. The van der Waals surface area contributed by atoms with E-state index in [4.69, 9.17) is 29.2 Å². The summed E-state index contributed by atoms with van der Waals surface area (Å²) in [6, 6.07) is 0. The van der Waals surface area contributed by atoms with E-state index in [0.717, 1.165) is 39.3 Å². The molecule has 4 aliphatic rings. The first-order valence-electron chi connectivity index (χ1n) is 7.48. The molecule has 3 saturated heterocycles. The van der Waals surface area contributed by atoms with Crippen LogP contribution in [-0.4, -0.2) is 72.0 Å². The van der Waals surface area contributed by atoms with Crippen LogP contribution >= 0.6 is 0 Å². The molecule has 2 N–H and O–H groups in total. The van der Waals surface area contributed by atoms with Crippen LogP contribution in [0.2, 0.25) is 0 Å². The van der Waals surface area contributed by atoms with E-state index < -0.39 is 23.1 Å². The Morgan fingerprint density at radius 1 is 0.955 bits per heavy atom. The lowest BCUT2D eigenvalue weighted by molar-refractivity contribution is -0.147. The van der Waals surface area contributed by atoms with E-state index in [1.54, 1.807) is 0 Å². The van der Waals surface area contributed by atoms with Gasteiger partial charge in [-0.05, 0) is 25.7 Å². The summed E-state index contributed by atoms with van der Waals surface area (Å²) in [4.78, 5) is 21.7. The van der Waals surface area contributed by atoms with E-state index in [2.05, 4.69) is 0 Å². The van der Waals surface area contributed by atoms with Crippen LogP contribution in [0.5, 0.6) is 0 Å². The molecule has 22 heavy (non-hydrogen) atoms. The molecule has 0 aromatic rings. The van der Waals surface area contributed by atoms with Crippen molar-refractivity contribution in [2.45, 2.75) is 49.1 Å². The molecule has 124 valence electrons. The first-order valence-corrected chi connectivity index (χ1v) is 7.48. The molecule has 8 nitrogen and oxygen atoms in total. The number of ether oxygens (including phenoxy) is 4. The minimum atomic E-state index is -1.42. The average Bonchev–Trinajstić information content (AvgIpc) is 3.35. The molecular weight excluding hydrogens is 296 g/mol. The smallest absolute Gasteiger partial charge is 0.339 e. The second kappa shape index (κ2) is 5.77. The molecule has 0 amide bonds. The highest BCUT2D eigenvalue weighted by Crippen LogP contribution is 2.57. The molecule has 4 rings (SSSR count). The van der Waals surface area contributed by atoms with Crippen LogP contribution in [0.15, 0.2) is 0 Å². The number of fused-ring (bicyclic) bond motifs is 1. The molecule has 4 unspecified atom stereocenters. The van der Waals surface area contributed by atoms with Crippen molar-refractivity contribution < 1.29 is 38.7 Å². The predicted molar refractivity (Wildman–Crippen MR) is 70.6 cm³/mol. The van der Waals surface area contributed by atoms with Gasteiger partial charge in [0.2, 0.25) is 11.2 Å². The molecule has 1 aliphatic carbocycles. The molecule has 3 heterocycles. The summed E-state index contributed by atoms with van der Waals surface area (Å²) in [5.41, 5.74) is -2.84. The van der Waals surface area contributed by atoms with Crippen LogP contribution < -0.4 is 0 Å². The van der Waals surface area contributed by atoms with E-state index in [1.165, 1.54) is 0 Å². The third-order valence-corrected chi connectivity index (χ3v) is 4.37. The zero-order valence-corrected chi connectivity index (χ0v) is 12.2. The number of carbonyl (C=O) groups is 2. The fourth-order valence-corrected chi connectivity index (χ4v) is 2.83. The van der Waals surface area contributed by atoms with Gasteiger partial charge in [0.1, 0.15) is 12.2 Å². The molecule has 4 atom stereocenters. The van der Waals surface area contributed by atoms with Gasteiger partial charge < -0.3 is 29.2 Å². The maximum atomic E-state index is 10.8. The second-order valence-corrected chi connectivity index (χ2v) is 6.02. The second-order valence-electron chi connectivity index (χ2n) is 6.02. The fraction of sp³-hybridized carbons (Fsp3) is 0.857. The third-order valence-electron chi connectivity index (χ3n) is 4.37. The molecule has 0 spiro atoms. The Hall–Kier alpha value is -1.22. The highest BCUT2D eigenvalue weighted by molar-refractivity contribution is 5.96. The van der Waals surface area contributed by atoms with Crippen LogP contribution in [0.3, 0.4) is 0 Å². The average molecular weight is 316 g/mol. The van der Waals surface area contributed by atoms with Crippen molar-refractivity contribution in [2.75, 3.05) is 26.4 Å². The Labute approximate surface area is 127 Å². The van der Waals surface area contributed by atoms with Crippen molar-refractivity contribution in [3.05, 3.63) is 0 Å². The van der Waals surface area contributed by atoms with Crippen LogP contribution in [0.1, 0.15) is 25.7 Å². The molecule has 0 radical (unpaired) electrons. The Morgan fingerprint density at radius 3 is 1.68 bits per heavy atom. The molecular formula is C14H20O8. The van der Waals surface area contributed by atoms with Crippen molar-refractivity contribution in [3.8, 4) is 0 Å². The Bertz CT molecular complexity index is 418. The lowest BCUT2D eigenvalue weighted by atomic mass is 9.79. The summed E-state index contributed by atoms with van der Waals surface area (Å²) in [6.45, 7) is 3.26. The minimum absolute atomic E-state index is 0.314. The van der Waals surface area contributed by atoms with E-state index in [9.17, 15) is 9.59 Å².